The van der Waals surface area contributed by atoms with Crippen molar-refractivity contribution in [1.82, 2.24) is 9.78 Å². The monoisotopic (exact) mass is 378 g/mol. The summed E-state index contributed by atoms with van der Waals surface area (Å²) in [6.07, 6.45) is 9.07. The van der Waals surface area contributed by atoms with Crippen LogP contribution in [-0.2, 0) is 15.9 Å². The summed E-state index contributed by atoms with van der Waals surface area (Å²) in [5, 5.41) is 5.85. The fourth-order valence-corrected chi connectivity index (χ4v) is 4.94. The maximum atomic E-state index is 5.94. The van der Waals surface area contributed by atoms with Gasteiger partial charge in [0.05, 0.1) is 18.3 Å². The molecule has 0 N–H and O–H groups in total. The number of rotatable bonds is 3. The van der Waals surface area contributed by atoms with E-state index in [0.717, 1.165) is 32.5 Å². The molecule has 4 nitrogen and oxygen atoms in total. The quantitative estimate of drug-likeness (QED) is 0.784. The van der Waals surface area contributed by atoms with Crippen LogP contribution in [0.1, 0.15) is 55.4 Å². The lowest BCUT2D eigenvalue weighted by atomic mass is 9.82. The van der Waals surface area contributed by atoms with Crippen LogP contribution in [0.15, 0.2) is 16.7 Å². The van der Waals surface area contributed by atoms with E-state index < -0.39 is 0 Å². The summed E-state index contributed by atoms with van der Waals surface area (Å²) < 4.78 is 14.7. The van der Waals surface area contributed by atoms with E-state index in [4.69, 9.17) is 9.47 Å². The number of aromatic nitrogens is 2. The van der Waals surface area contributed by atoms with Crippen LogP contribution >= 0.6 is 15.9 Å². The lowest BCUT2D eigenvalue weighted by Crippen LogP contribution is -2.19. The first-order valence-corrected chi connectivity index (χ1v) is 9.38. The van der Waals surface area contributed by atoms with E-state index in [1.165, 1.54) is 45.8 Å². The maximum absolute atomic E-state index is 5.94. The SMILES string of the molecule is COCC1CCCc2cc3c(cnn3C3CCCCO3)c(Br)c21. The van der Waals surface area contributed by atoms with Gasteiger partial charge in [-0.05, 0) is 71.6 Å². The molecule has 5 heteroatoms. The third kappa shape index (κ3) is 2.73. The van der Waals surface area contributed by atoms with E-state index in [1.54, 1.807) is 7.11 Å². The van der Waals surface area contributed by atoms with Crippen molar-refractivity contribution in [2.24, 2.45) is 0 Å². The molecular weight excluding hydrogens is 356 g/mol. The van der Waals surface area contributed by atoms with Gasteiger partial charge in [0.25, 0.3) is 0 Å². The van der Waals surface area contributed by atoms with Crippen LogP contribution in [-0.4, -0.2) is 30.1 Å². The molecule has 0 amide bonds. The summed E-state index contributed by atoms with van der Waals surface area (Å²) >= 11 is 3.87. The third-order valence-corrected chi connectivity index (χ3v) is 6.02. The van der Waals surface area contributed by atoms with Crippen molar-refractivity contribution in [3.05, 3.63) is 27.9 Å². The number of hydrogen-bond donors (Lipinski definition) is 0. The molecule has 1 aromatic carbocycles. The van der Waals surface area contributed by atoms with Crippen molar-refractivity contribution < 1.29 is 9.47 Å². The first-order chi connectivity index (χ1) is 11.3. The summed E-state index contributed by atoms with van der Waals surface area (Å²) in [4.78, 5) is 0. The van der Waals surface area contributed by atoms with Crippen LogP contribution in [0.2, 0.25) is 0 Å². The minimum Gasteiger partial charge on any atom is -0.384 e. The van der Waals surface area contributed by atoms with Gasteiger partial charge in [-0.1, -0.05) is 0 Å². The molecule has 0 radical (unpaired) electrons. The largest absolute Gasteiger partial charge is 0.384 e. The Balaban J connectivity index is 1.81. The molecule has 124 valence electrons. The van der Waals surface area contributed by atoms with Crippen LogP contribution in [0.25, 0.3) is 10.9 Å². The number of nitrogens with zero attached hydrogens (tertiary/aromatic N) is 2. The average molecular weight is 379 g/mol. The first kappa shape index (κ1) is 15.6. The van der Waals surface area contributed by atoms with Crippen LogP contribution in [0.5, 0.6) is 0 Å². The molecule has 2 aromatic rings. The molecule has 2 unspecified atom stereocenters. The molecule has 0 spiro atoms. The highest BCUT2D eigenvalue weighted by molar-refractivity contribution is 9.10. The van der Waals surface area contributed by atoms with Gasteiger partial charge in [-0.2, -0.15) is 5.10 Å². The van der Waals surface area contributed by atoms with E-state index in [0.29, 0.717) is 5.92 Å². The zero-order chi connectivity index (χ0) is 15.8. The zero-order valence-electron chi connectivity index (χ0n) is 13.6. The van der Waals surface area contributed by atoms with Gasteiger partial charge in [-0.15, -0.1) is 0 Å². The van der Waals surface area contributed by atoms with Gasteiger partial charge in [0, 0.05) is 29.5 Å². The van der Waals surface area contributed by atoms with Gasteiger partial charge in [0.2, 0.25) is 0 Å². The number of aryl methyl sites for hydroxylation is 1. The Labute approximate surface area is 145 Å². The number of methoxy groups -OCH3 is 1. The Morgan fingerprint density at radius 1 is 1.35 bits per heavy atom. The lowest BCUT2D eigenvalue weighted by Gasteiger charge is -2.27. The van der Waals surface area contributed by atoms with Crippen LogP contribution in [0.3, 0.4) is 0 Å². The second-order valence-electron chi connectivity index (χ2n) is 6.65. The molecule has 1 aliphatic heterocycles. The summed E-state index contributed by atoms with van der Waals surface area (Å²) in [6.45, 7) is 1.63. The molecule has 1 aromatic heterocycles. The van der Waals surface area contributed by atoms with E-state index in [9.17, 15) is 0 Å². The standard InChI is InChI=1S/C18H23BrN2O2/c1-22-11-13-6-4-5-12-9-15-14(18(19)17(12)13)10-20-21(15)16-7-2-3-8-23-16/h9-10,13,16H,2-8,11H2,1H3. The number of hydrogen-bond acceptors (Lipinski definition) is 3. The van der Waals surface area contributed by atoms with Gasteiger partial charge >= 0.3 is 0 Å². The molecule has 0 bridgehead atoms. The average Bonchev–Trinajstić information content (AvgIpc) is 3.00. The minimum absolute atomic E-state index is 0.0876. The molecule has 2 aliphatic rings. The summed E-state index contributed by atoms with van der Waals surface area (Å²) in [5.41, 5.74) is 4.06. The second-order valence-corrected chi connectivity index (χ2v) is 7.44. The molecule has 2 atom stereocenters. The number of ether oxygens (including phenoxy) is 2. The van der Waals surface area contributed by atoms with E-state index in [2.05, 4.69) is 31.8 Å². The molecule has 2 heterocycles. The molecule has 23 heavy (non-hydrogen) atoms. The molecule has 4 rings (SSSR count). The van der Waals surface area contributed by atoms with Gasteiger partial charge in [0.1, 0.15) is 0 Å². The second kappa shape index (κ2) is 6.54. The normalized spacial score (nSPS) is 24.8. The van der Waals surface area contributed by atoms with Crippen molar-refractivity contribution in [1.29, 1.82) is 0 Å². The number of benzene rings is 1. The summed E-state index contributed by atoms with van der Waals surface area (Å²) in [5.74, 6) is 0.483. The fourth-order valence-electron chi connectivity index (χ4n) is 4.06. The third-order valence-electron chi connectivity index (χ3n) is 5.17. The van der Waals surface area contributed by atoms with Crippen molar-refractivity contribution in [3.8, 4) is 0 Å². The van der Waals surface area contributed by atoms with Gasteiger partial charge in [-0.25, -0.2) is 4.68 Å². The lowest BCUT2D eigenvalue weighted by molar-refractivity contribution is -0.0366. The molecule has 1 fully saturated rings. The Kier molecular flexibility index (Phi) is 4.43. The van der Waals surface area contributed by atoms with Crippen molar-refractivity contribution in [2.75, 3.05) is 20.3 Å². The molecule has 0 saturated carbocycles. The Morgan fingerprint density at radius 3 is 3.04 bits per heavy atom. The molecular formula is C18H23BrN2O2. The number of halogens is 1. The van der Waals surface area contributed by atoms with E-state index >= 15 is 0 Å². The van der Waals surface area contributed by atoms with Gasteiger partial charge in [0.15, 0.2) is 6.23 Å². The fraction of sp³-hybridized carbons (Fsp3) is 0.611. The Bertz CT molecular complexity index is 707. The van der Waals surface area contributed by atoms with Crippen molar-refractivity contribution >= 4 is 26.8 Å². The van der Waals surface area contributed by atoms with Crippen molar-refractivity contribution in [3.63, 3.8) is 0 Å². The van der Waals surface area contributed by atoms with Crippen LogP contribution in [0.4, 0.5) is 0 Å². The zero-order valence-corrected chi connectivity index (χ0v) is 15.1. The topological polar surface area (TPSA) is 36.3 Å². The maximum Gasteiger partial charge on any atom is 0.150 e. The van der Waals surface area contributed by atoms with E-state index in [1.807, 2.05) is 6.20 Å². The summed E-state index contributed by atoms with van der Waals surface area (Å²) in [6, 6.07) is 2.34. The predicted molar refractivity (Wildman–Crippen MR) is 93.8 cm³/mol. The highest BCUT2D eigenvalue weighted by Gasteiger charge is 2.27. The Hall–Kier alpha value is -0.910. The molecule has 1 saturated heterocycles. The van der Waals surface area contributed by atoms with E-state index in [-0.39, 0.29) is 6.23 Å². The molecule has 1 aliphatic carbocycles. The highest BCUT2D eigenvalue weighted by Crippen LogP contribution is 2.41. The van der Waals surface area contributed by atoms with Crippen LogP contribution < -0.4 is 0 Å². The van der Waals surface area contributed by atoms with Gasteiger partial charge < -0.3 is 9.47 Å². The summed E-state index contributed by atoms with van der Waals surface area (Å²) in [7, 11) is 1.79. The number of fused-ring (bicyclic) bond motifs is 2. The van der Waals surface area contributed by atoms with Crippen LogP contribution in [0, 0.1) is 0 Å². The first-order valence-electron chi connectivity index (χ1n) is 8.58. The smallest absolute Gasteiger partial charge is 0.150 e. The van der Waals surface area contributed by atoms with Gasteiger partial charge in [-0.3, -0.25) is 0 Å². The Morgan fingerprint density at radius 2 is 2.26 bits per heavy atom. The highest BCUT2D eigenvalue weighted by atomic mass is 79.9. The predicted octanol–water partition coefficient (Wildman–Crippen LogP) is 4.56. The van der Waals surface area contributed by atoms with Crippen molar-refractivity contribution in [2.45, 2.75) is 50.7 Å². The minimum atomic E-state index is 0.0876.